The smallest absolute Gasteiger partial charge is 0.238 e. The highest BCUT2D eigenvalue weighted by molar-refractivity contribution is 5.91. The summed E-state index contributed by atoms with van der Waals surface area (Å²) < 4.78 is 5.96. The topological polar surface area (TPSA) is 111 Å². The van der Waals surface area contributed by atoms with Crippen LogP contribution >= 0.6 is 0 Å². The van der Waals surface area contributed by atoms with Crippen LogP contribution in [0.25, 0.3) is 22.3 Å². The number of phenols is 3. The maximum Gasteiger partial charge on any atom is 0.238 e. The van der Waals surface area contributed by atoms with Crippen LogP contribution in [0.5, 0.6) is 23.0 Å². The van der Waals surface area contributed by atoms with E-state index in [0.717, 1.165) is 22.8 Å². The Labute approximate surface area is 180 Å². The van der Waals surface area contributed by atoms with Crippen molar-refractivity contribution >= 4 is 11.0 Å². The maximum absolute atomic E-state index is 13.0. The Balaban J connectivity index is 2.38. The summed E-state index contributed by atoms with van der Waals surface area (Å²) in [5, 5.41) is 41.2. The molecule has 0 aliphatic heterocycles. The fraction of sp³-hybridized carbons (Fsp3) is 0.240. The van der Waals surface area contributed by atoms with Crippen molar-refractivity contribution in [3.63, 3.8) is 0 Å². The first-order valence-corrected chi connectivity index (χ1v) is 9.92. The average Bonchev–Trinajstić information content (AvgIpc) is 2.68. The van der Waals surface area contributed by atoms with Crippen molar-refractivity contribution in [2.24, 2.45) is 0 Å². The molecule has 0 amide bonds. The van der Waals surface area contributed by atoms with Crippen LogP contribution in [0, 0.1) is 0 Å². The van der Waals surface area contributed by atoms with Gasteiger partial charge >= 0.3 is 0 Å². The molecule has 6 nitrogen and oxygen atoms in total. The zero-order valence-corrected chi connectivity index (χ0v) is 18.0. The summed E-state index contributed by atoms with van der Waals surface area (Å²) >= 11 is 0. The van der Waals surface area contributed by atoms with Gasteiger partial charge in [0.25, 0.3) is 0 Å². The van der Waals surface area contributed by atoms with Gasteiger partial charge in [0.15, 0.2) is 5.76 Å². The van der Waals surface area contributed by atoms with Gasteiger partial charge in [-0.1, -0.05) is 29.4 Å². The van der Waals surface area contributed by atoms with Crippen LogP contribution in [-0.2, 0) is 12.8 Å². The van der Waals surface area contributed by atoms with Crippen molar-refractivity contribution in [2.45, 2.75) is 40.5 Å². The first-order chi connectivity index (χ1) is 14.6. The second-order valence-electron chi connectivity index (χ2n) is 8.02. The molecule has 0 aliphatic rings. The van der Waals surface area contributed by atoms with E-state index in [2.05, 4.69) is 0 Å². The molecule has 0 aliphatic carbocycles. The van der Waals surface area contributed by atoms with Crippen LogP contribution < -0.4 is 5.43 Å². The molecule has 1 aromatic heterocycles. The molecule has 0 radical (unpaired) electrons. The van der Waals surface area contributed by atoms with Gasteiger partial charge in [-0.05, 0) is 58.2 Å². The molecule has 0 saturated heterocycles. The lowest BCUT2D eigenvalue weighted by Crippen LogP contribution is -2.05. The number of phenolic OH excluding ortho intramolecular Hbond substituents is 3. The summed E-state index contributed by atoms with van der Waals surface area (Å²) in [7, 11) is 0. The average molecular weight is 422 g/mol. The zero-order chi connectivity index (χ0) is 22.9. The van der Waals surface area contributed by atoms with E-state index in [1.165, 1.54) is 12.1 Å². The minimum Gasteiger partial charge on any atom is -0.508 e. The first-order valence-electron chi connectivity index (χ1n) is 9.92. The van der Waals surface area contributed by atoms with Gasteiger partial charge in [-0.15, -0.1) is 0 Å². The quantitative estimate of drug-likeness (QED) is 0.415. The van der Waals surface area contributed by atoms with Crippen molar-refractivity contribution in [1.82, 2.24) is 0 Å². The second-order valence-corrected chi connectivity index (χ2v) is 8.02. The van der Waals surface area contributed by atoms with Gasteiger partial charge in [0.2, 0.25) is 11.2 Å². The van der Waals surface area contributed by atoms with Crippen LogP contribution in [0.15, 0.2) is 56.8 Å². The van der Waals surface area contributed by atoms with Crippen molar-refractivity contribution in [3.05, 3.63) is 68.9 Å². The predicted octanol–water partition coefficient (Wildman–Crippen LogP) is 5.30. The fourth-order valence-electron chi connectivity index (χ4n) is 3.33. The van der Waals surface area contributed by atoms with Crippen LogP contribution in [0.1, 0.15) is 38.8 Å². The molecule has 0 unspecified atom stereocenters. The Morgan fingerprint density at radius 2 is 1.55 bits per heavy atom. The minimum absolute atomic E-state index is 0.00990. The third-order valence-electron chi connectivity index (χ3n) is 4.98. The van der Waals surface area contributed by atoms with Crippen LogP contribution in [0.4, 0.5) is 0 Å². The highest BCUT2D eigenvalue weighted by Gasteiger charge is 2.23. The number of rotatable bonds is 5. The summed E-state index contributed by atoms with van der Waals surface area (Å²) in [5.74, 6) is -1.56. The van der Waals surface area contributed by atoms with E-state index in [0.29, 0.717) is 17.5 Å². The molecule has 0 saturated carbocycles. The molecule has 162 valence electrons. The molecule has 0 fully saturated rings. The van der Waals surface area contributed by atoms with E-state index in [1.807, 2.05) is 39.8 Å². The summed E-state index contributed by atoms with van der Waals surface area (Å²) in [6, 6.07) is 5.70. The Hall–Kier alpha value is -3.67. The molecule has 3 rings (SSSR count). The summed E-state index contributed by atoms with van der Waals surface area (Å²) in [4.78, 5) is 13.0. The van der Waals surface area contributed by atoms with Crippen molar-refractivity contribution in [3.8, 4) is 34.3 Å². The third kappa shape index (κ3) is 4.43. The largest absolute Gasteiger partial charge is 0.508 e. The van der Waals surface area contributed by atoms with E-state index in [9.17, 15) is 25.2 Å². The molecule has 3 aromatic rings. The van der Waals surface area contributed by atoms with Gasteiger partial charge < -0.3 is 24.8 Å². The Morgan fingerprint density at radius 3 is 2.19 bits per heavy atom. The number of hydrogen-bond acceptors (Lipinski definition) is 6. The Kier molecular flexibility index (Phi) is 6.11. The number of hydrogen-bond donors (Lipinski definition) is 4. The van der Waals surface area contributed by atoms with Gasteiger partial charge in [-0.2, -0.15) is 0 Å². The number of allylic oxidation sites excluding steroid dienone is 4. The molecule has 6 heteroatoms. The Bertz CT molecular complexity index is 1270. The molecule has 0 bridgehead atoms. The molecule has 4 N–H and O–H groups in total. The number of aromatic hydroxyl groups is 4. The fourth-order valence-corrected chi connectivity index (χ4v) is 3.33. The number of fused-ring (bicyclic) bond motifs is 1. The highest BCUT2D eigenvalue weighted by atomic mass is 16.4. The molecular formula is C25H26O6. The summed E-state index contributed by atoms with van der Waals surface area (Å²) in [5.41, 5.74) is 2.66. The van der Waals surface area contributed by atoms with Gasteiger partial charge in [0.1, 0.15) is 28.2 Å². The van der Waals surface area contributed by atoms with Gasteiger partial charge in [0, 0.05) is 17.2 Å². The summed E-state index contributed by atoms with van der Waals surface area (Å²) in [6.07, 6.45) is 4.59. The number of benzene rings is 2. The Morgan fingerprint density at radius 1 is 0.903 bits per heavy atom. The normalized spacial score (nSPS) is 10.8. The van der Waals surface area contributed by atoms with E-state index in [1.54, 1.807) is 6.07 Å². The SMILES string of the molecule is CC(C)=CCc1ccc(O)cc1-c1oc2c(CC=C(C)C)c(O)cc(O)c2c(=O)c1O. The molecular weight excluding hydrogens is 396 g/mol. The van der Waals surface area contributed by atoms with Crippen LogP contribution in [-0.4, -0.2) is 20.4 Å². The summed E-state index contributed by atoms with van der Waals surface area (Å²) in [6.45, 7) is 7.70. The van der Waals surface area contributed by atoms with E-state index >= 15 is 0 Å². The first kappa shape index (κ1) is 22.0. The van der Waals surface area contributed by atoms with E-state index in [-0.39, 0.29) is 34.6 Å². The second kappa shape index (κ2) is 8.60. The van der Waals surface area contributed by atoms with Crippen LogP contribution in [0.2, 0.25) is 0 Å². The monoisotopic (exact) mass is 422 g/mol. The van der Waals surface area contributed by atoms with Gasteiger partial charge in [-0.25, -0.2) is 0 Å². The zero-order valence-electron chi connectivity index (χ0n) is 18.0. The van der Waals surface area contributed by atoms with E-state index < -0.39 is 16.9 Å². The minimum atomic E-state index is -0.816. The standard InChI is InChI=1S/C25H26O6/c1-13(2)5-7-15-8-9-16(26)11-18(15)25-23(30)22(29)21-20(28)12-19(27)17(24(21)31-25)10-6-14(3)4/h5-6,8-9,11-12,26-28,30H,7,10H2,1-4H3. The molecule has 2 aromatic carbocycles. The molecule has 1 heterocycles. The van der Waals surface area contributed by atoms with Crippen molar-refractivity contribution in [2.75, 3.05) is 0 Å². The van der Waals surface area contributed by atoms with Crippen molar-refractivity contribution < 1.29 is 24.8 Å². The highest BCUT2D eigenvalue weighted by Crippen LogP contribution is 2.40. The molecule has 0 spiro atoms. The van der Waals surface area contributed by atoms with Gasteiger partial charge in [0.05, 0.1) is 0 Å². The van der Waals surface area contributed by atoms with Crippen LogP contribution in [0.3, 0.4) is 0 Å². The van der Waals surface area contributed by atoms with E-state index in [4.69, 9.17) is 4.42 Å². The van der Waals surface area contributed by atoms with Gasteiger partial charge in [-0.3, -0.25) is 4.79 Å². The molecule has 31 heavy (non-hydrogen) atoms. The predicted molar refractivity (Wildman–Crippen MR) is 121 cm³/mol. The molecule has 0 atom stereocenters. The lowest BCUT2D eigenvalue weighted by atomic mass is 9.98. The maximum atomic E-state index is 13.0. The lowest BCUT2D eigenvalue weighted by Gasteiger charge is -2.14. The lowest BCUT2D eigenvalue weighted by molar-refractivity contribution is 0.435. The third-order valence-corrected chi connectivity index (χ3v) is 4.98. The van der Waals surface area contributed by atoms with Crippen molar-refractivity contribution in [1.29, 1.82) is 0 Å².